The molecule has 0 spiro atoms. The molecule has 2 unspecified atom stereocenters. The minimum atomic E-state index is -0.797. The summed E-state index contributed by atoms with van der Waals surface area (Å²) in [5.41, 5.74) is 0.769. The molecular formula is C24H29N5O5S. The van der Waals surface area contributed by atoms with Gasteiger partial charge >= 0.3 is 0 Å². The number of benzene rings is 1. The fourth-order valence-corrected chi connectivity index (χ4v) is 4.41. The van der Waals surface area contributed by atoms with Crippen LogP contribution in [0.1, 0.15) is 35.2 Å². The van der Waals surface area contributed by atoms with Crippen molar-refractivity contribution in [2.24, 2.45) is 5.92 Å². The van der Waals surface area contributed by atoms with Crippen molar-refractivity contribution in [3.8, 4) is 0 Å². The van der Waals surface area contributed by atoms with Gasteiger partial charge in [-0.25, -0.2) is 4.98 Å². The van der Waals surface area contributed by atoms with E-state index >= 15 is 0 Å². The normalized spacial score (nSPS) is 16.3. The van der Waals surface area contributed by atoms with Gasteiger partial charge in [-0.3, -0.25) is 24.5 Å². The molecule has 2 atom stereocenters. The van der Waals surface area contributed by atoms with Crippen LogP contribution in [-0.2, 0) is 9.59 Å². The molecule has 2 N–H and O–H groups in total. The molecule has 35 heavy (non-hydrogen) atoms. The van der Waals surface area contributed by atoms with Crippen LogP contribution in [0.5, 0.6) is 0 Å². The number of amides is 3. The molecule has 2 heterocycles. The summed E-state index contributed by atoms with van der Waals surface area (Å²) in [5, 5.41) is 16.6. The Labute approximate surface area is 208 Å². The lowest BCUT2D eigenvalue weighted by Gasteiger charge is -2.34. The summed E-state index contributed by atoms with van der Waals surface area (Å²) >= 11 is 1.55. The van der Waals surface area contributed by atoms with Gasteiger partial charge in [0.25, 0.3) is 11.6 Å². The van der Waals surface area contributed by atoms with Crippen LogP contribution in [0.15, 0.2) is 42.6 Å². The molecule has 2 aromatic rings. The largest absolute Gasteiger partial charge is 0.340 e. The van der Waals surface area contributed by atoms with E-state index in [9.17, 15) is 24.5 Å². The van der Waals surface area contributed by atoms with Crippen molar-refractivity contribution in [3.05, 3.63) is 63.8 Å². The summed E-state index contributed by atoms with van der Waals surface area (Å²) < 4.78 is 0. The average Bonchev–Trinajstić information content (AvgIpc) is 2.87. The topological polar surface area (TPSA) is 135 Å². The number of hydrogen-bond donors (Lipinski definition) is 2. The Morgan fingerprint density at radius 3 is 2.80 bits per heavy atom. The number of thioether (sulfide) groups is 1. The molecule has 0 saturated carbocycles. The van der Waals surface area contributed by atoms with E-state index in [0.717, 1.165) is 5.56 Å². The van der Waals surface area contributed by atoms with E-state index in [1.165, 1.54) is 24.3 Å². The summed E-state index contributed by atoms with van der Waals surface area (Å²) in [6, 6.07) is 8.25. The van der Waals surface area contributed by atoms with Gasteiger partial charge in [0, 0.05) is 37.0 Å². The van der Waals surface area contributed by atoms with E-state index in [0.29, 0.717) is 37.4 Å². The number of pyridine rings is 1. The maximum Gasteiger partial charge on any atom is 0.270 e. The molecule has 1 aromatic heterocycles. The first-order valence-corrected chi connectivity index (χ1v) is 12.7. The number of anilines is 1. The lowest BCUT2D eigenvalue weighted by Crippen LogP contribution is -2.52. The third kappa shape index (κ3) is 7.01. The Morgan fingerprint density at radius 2 is 2.09 bits per heavy atom. The van der Waals surface area contributed by atoms with Gasteiger partial charge in [-0.15, -0.1) is 0 Å². The van der Waals surface area contributed by atoms with Gasteiger partial charge in [0.05, 0.1) is 10.8 Å². The van der Waals surface area contributed by atoms with Gasteiger partial charge < -0.3 is 15.5 Å². The zero-order valence-electron chi connectivity index (χ0n) is 19.7. The number of nitrogens with zero attached hydrogens (tertiary/aromatic N) is 3. The minimum Gasteiger partial charge on any atom is -0.340 e. The number of non-ortho nitro benzene ring substituents is 1. The molecule has 1 aliphatic heterocycles. The smallest absolute Gasteiger partial charge is 0.270 e. The Kier molecular flexibility index (Phi) is 9.18. The van der Waals surface area contributed by atoms with Gasteiger partial charge in [-0.05, 0) is 55.9 Å². The molecule has 1 aliphatic rings. The molecule has 3 rings (SSSR count). The van der Waals surface area contributed by atoms with Crippen molar-refractivity contribution in [3.63, 3.8) is 0 Å². The standard InChI is InChI=1S/C24H29N5O5S/c1-16-6-4-11-25-21(16)27-23(31)18-8-5-12-28(15-18)24(32)20(10-13-35-2)26-22(30)17-7-3-9-19(14-17)29(33)34/h3-4,6-7,9,11,14,18,20H,5,8,10,12-13,15H2,1-2H3,(H,26,30)(H,25,27,31). The van der Waals surface area contributed by atoms with Crippen LogP contribution in [-0.4, -0.2) is 63.7 Å². The van der Waals surface area contributed by atoms with E-state index in [4.69, 9.17) is 0 Å². The molecule has 1 saturated heterocycles. The number of aryl methyl sites for hydroxylation is 1. The van der Waals surface area contributed by atoms with Crippen molar-refractivity contribution in [2.75, 3.05) is 30.4 Å². The number of likely N-dealkylation sites (tertiary alicyclic amines) is 1. The highest BCUT2D eigenvalue weighted by atomic mass is 32.2. The number of aromatic nitrogens is 1. The van der Waals surface area contributed by atoms with Gasteiger partial charge in [0.15, 0.2) is 0 Å². The molecule has 0 bridgehead atoms. The predicted molar refractivity (Wildman–Crippen MR) is 134 cm³/mol. The SMILES string of the molecule is CSCCC(NC(=O)c1cccc([N+](=O)[O-])c1)C(=O)N1CCCC(C(=O)Nc2ncccc2C)C1. The van der Waals surface area contributed by atoms with Crippen molar-refractivity contribution < 1.29 is 19.3 Å². The number of rotatable bonds is 9. The van der Waals surface area contributed by atoms with Crippen LogP contribution in [0.3, 0.4) is 0 Å². The van der Waals surface area contributed by atoms with Crippen LogP contribution in [0.25, 0.3) is 0 Å². The average molecular weight is 500 g/mol. The third-order valence-corrected chi connectivity index (χ3v) is 6.53. The van der Waals surface area contributed by atoms with Crippen LogP contribution in [0.2, 0.25) is 0 Å². The van der Waals surface area contributed by atoms with E-state index in [2.05, 4.69) is 15.6 Å². The summed E-state index contributed by atoms with van der Waals surface area (Å²) in [7, 11) is 0. The molecule has 0 radical (unpaired) electrons. The quantitative estimate of drug-likeness (QED) is 0.400. The Morgan fingerprint density at radius 1 is 1.29 bits per heavy atom. The molecule has 3 amide bonds. The van der Waals surface area contributed by atoms with E-state index < -0.39 is 16.9 Å². The third-order valence-electron chi connectivity index (χ3n) is 5.89. The fraction of sp³-hybridized carbons (Fsp3) is 0.417. The number of carbonyl (C=O) groups excluding carboxylic acids is 3. The van der Waals surface area contributed by atoms with Gasteiger partial charge in [-0.1, -0.05) is 12.1 Å². The summed E-state index contributed by atoms with van der Waals surface area (Å²) in [6.07, 6.45) is 5.24. The molecule has 186 valence electrons. The molecule has 0 aliphatic carbocycles. The van der Waals surface area contributed by atoms with Gasteiger partial charge in [-0.2, -0.15) is 11.8 Å². The lowest BCUT2D eigenvalue weighted by molar-refractivity contribution is -0.384. The van der Waals surface area contributed by atoms with Crippen molar-refractivity contribution in [1.29, 1.82) is 0 Å². The maximum atomic E-state index is 13.4. The van der Waals surface area contributed by atoms with Gasteiger partial charge in [0.1, 0.15) is 11.9 Å². The number of nitro benzene ring substituents is 1. The molecule has 1 fully saturated rings. The zero-order chi connectivity index (χ0) is 25.4. The monoisotopic (exact) mass is 499 g/mol. The number of piperidine rings is 1. The highest BCUT2D eigenvalue weighted by molar-refractivity contribution is 7.98. The Bertz CT molecular complexity index is 1100. The summed E-state index contributed by atoms with van der Waals surface area (Å²) in [4.78, 5) is 55.3. The summed E-state index contributed by atoms with van der Waals surface area (Å²) in [6.45, 7) is 2.60. The van der Waals surface area contributed by atoms with E-state index in [-0.39, 0.29) is 35.5 Å². The number of nitrogens with one attached hydrogen (secondary N) is 2. The van der Waals surface area contributed by atoms with Crippen LogP contribution >= 0.6 is 11.8 Å². The zero-order valence-corrected chi connectivity index (χ0v) is 20.5. The number of nitro groups is 1. The first-order chi connectivity index (χ1) is 16.8. The maximum absolute atomic E-state index is 13.4. The fourth-order valence-electron chi connectivity index (χ4n) is 3.94. The van der Waals surface area contributed by atoms with Crippen molar-refractivity contribution in [2.45, 2.75) is 32.2 Å². The van der Waals surface area contributed by atoms with Crippen LogP contribution in [0.4, 0.5) is 11.5 Å². The number of carbonyl (C=O) groups is 3. The molecular weight excluding hydrogens is 470 g/mol. The first-order valence-electron chi connectivity index (χ1n) is 11.4. The van der Waals surface area contributed by atoms with E-state index in [1.807, 2.05) is 19.2 Å². The van der Waals surface area contributed by atoms with Crippen molar-refractivity contribution >= 4 is 41.0 Å². The minimum absolute atomic E-state index is 0.114. The highest BCUT2D eigenvalue weighted by Gasteiger charge is 2.33. The van der Waals surface area contributed by atoms with Crippen molar-refractivity contribution in [1.82, 2.24) is 15.2 Å². The van der Waals surface area contributed by atoms with Gasteiger partial charge in [0.2, 0.25) is 11.8 Å². The van der Waals surface area contributed by atoms with Crippen LogP contribution in [0, 0.1) is 23.0 Å². The Hall–Kier alpha value is -3.47. The van der Waals surface area contributed by atoms with E-state index in [1.54, 1.807) is 28.9 Å². The second kappa shape index (κ2) is 12.3. The second-order valence-electron chi connectivity index (χ2n) is 8.40. The first kappa shape index (κ1) is 26.1. The summed E-state index contributed by atoms with van der Waals surface area (Å²) in [5.74, 6) is -0.242. The molecule has 10 nitrogen and oxygen atoms in total. The lowest BCUT2D eigenvalue weighted by atomic mass is 9.96. The second-order valence-corrected chi connectivity index (χ2v) is 9.38. The molecule has 1 aromatic carbocycles. The predicted octanol–water partition coefficient (Wildman–Crippen LogP) is 3.03. The van der Waals surface area contributed by atoms with Crippen LogP contribution < -0.4 is 10.6 Å². The Balaban J connectivity index is 1.68. The highest BCUT2D eigenvalue weighted by Crippen LogP contribution is 2.21. The molecule has 11 heteroatoms. The number of hydrogen-bond acceptors (Lipinski definition) is 7.